The number of nitrogens with zero attached hydrogens (tertiary/aromatic N) is 1. The summed E-state index contributed by atoms with van der Waals surface area (Å²) in [6, 6.07) is 13.5. The van der Waals surface area contributed by atoms with Gasteiger partial charge in [-0.15, -0.1) is 13.2 Å². The molecule has 1 aliphatic heterocycles. The fraction of sp³-hybridized carbons (Fsp3) is 0.350. The molecule has 0 saturated carbocycles. The first-order chi connectivity index (χ1) is 12.7. The van der Waals surface area contributed by atoms with Crippen molar-refractivity contribution in [2.24, 2.45) is 0 Å². The lowest BCUT2D eigenvalue weighted by Gasteiger charge is -2.49. The molecule has 0 unspecified atom stereocenters. The van der Waals surface area contributed by atoms with Gasteiger partial charge in [0.15, 0.2) is 5.78 Å². The number of alkyl halides is 3. The van der Waals surface area contributed by atoms with Crippen LogP contribution in [0.2, 0.25) is 0 Å². The van der Waals surface area contributed by atoms with E-state index in [4.69, 9.17) is 0 Å². The number of benzene rings is 2. The lowest BCUT2D eigenvalue weighted by Crippen LogP contribution is -2.63. The highest BCUT2D eigenvalue weighted by atomic mass is 19.4. The Balaban J connectivity index is 1.64. The molecule has 0 radical (unpaired) electrons. The Bertz CT molecular complexity index is 830. The molecular weight excluding hydrogens is 357 g/mol. The molecule has 1 N–H and O–H groups in total. The number of likely N-dealkylation sites (tertiary alicyclic amines) is 1. The van der Waals surface area contributed by atoms with Crippen molar-refractivity contribution in [2.45, 2.75) is 32.3 Å². The molecule has 1 saturated heterocycles. The summed E-state index contributed by atoms with van der Waals surface area (Å²) >= 11 is 0. The van der Waals surface area contributed by atoms with Crippen LogP contribution in [0.15, 0.2) is 48.5 Å². The van der Waals surface area contributed by atoms with Crippen LogP contribution in [0.3, 0.4) is 0 Å². The zero-order valence-electron chi connectivity index (χ0n) is 15.1. The standard InChI is InChI=1S/C20H21F3N2O2/c1-14(26)16-8-4-5-9-17(16)24-19(2)12-25(13-19)11-15-7-3-6-10-18(15)27-20(21,22)23/h3-10,24H,11-13H2,1-2H3. The van der Waals surface area contributed by atoms with Crippen molar-refractivity contribution >= 4 is 11.5 Å². The Morgan fingerprint density at radius 2 is 1.78 bits per heavy atom. The van der Waals surface area contributed by atoms with Gasteiger partial charge in [0.2, 0.25) is 0 Å². The molecule has 0 aliphatic carbocycles. The summed E-state index contributed by atoms with van der Waals surface area (Å²) in [7, 11) is 0. The van der Waals surface area contributed by atoms with Crippen LogP contribution in [-0.4, -0.2) is 35.7 Å². The second kappa shape index (κ2) is 7.23. The third-order valence-electron chi connectivity index (χ3n) is 4.48. The van der Waals surface area contributed by atoms with E-state index in [1.165, 1.54) is 19.1 Å². The molecule has 0 bridgehead atoms. The minimum Gasteiger partial charge on any atom is -0.405 e. The van der Waals surface area contributed by atoms with E-state index in [9.17, 15) is 18.0 Å². The largest absolute Gasteiger partial charge is 0.573 e. The number of hydrogen-bond donors (Lipinski definition) is 1. The highest BCUT2D eigenvalue weighted by Gasteiger charge is 2.39. The highest BCUT2D eigenvalue weighted by molar-refractivity contribution is 5.99. The summed E-state index contributed by atoms with van der Waals surface area (Å²) < 4.78 is 41.8. The number of ketones is 1. The van der Waals surface area contributed by atoms with Crippen LogP contribution in [0.25, 0.3) is 0 Å². The number of rotatable bonds is 6. The van der Waals surface area contributed by atoms with Gasteiger partial charge in [-0.3, -0.25) is 9.69 Å². The third kappa shape index (κ3) is 4.80. The number of carbonyl (C=O) groups excluding carboxylic acids is 1. The van der Waals surface area contributed by atoms with Crippen molar-refractivity contribution in [3.05, 3.63) is 59.7 Å². The maximum atomic E-state index is 12.5. The van der Waals surface area contributed by atoms with Gasteiger partial charge in [0.1, 0.15) is 5.75 Å². The summed E-state index contributed by atoms with van der Waals surface area (Å²) in [5.41, 5.74) is 1.63. The van der Waals surface area contributed by atoms with Crippen molar-refractivity contribution in [3.8, 4) is 5.75 Å². The number of ether oxygens (including phenoxy) is 1. The van der Waals surface area contributed by atoms with Crippen LogP contribution in [-0.2, 0) is 6.54 Å². The van der Waals surface area contributed by atoms with Crippen molar-refractivity contribution < 1.29 is 22.7 Å². The van der Waals surface area contributed by atoms with Gasteiger partial charge in [-0.2, -0.15) is 0 Å². The van der Waals surface area contributed by atoms with Gasteiger partial charge in [-0.1, -0.05) is 30.3 Å². The Morgan fingerprint density at radius 3 is 2.44 bits per heavy atom. The number of nitrogens with one attached hydrogen (secondary N) is 1. The monoisotopic (exact) mass is 378 g/mol. The molecule has 0 aromatic heterocycles. The number of Topliss-reactive ketones (excluding diaryl/α,β-unsaturated/α-hetero) is 1. The maximum absolute atomic E-state index is 12.5. The zero-order valence-corrected chi connectivity index (χ0v) is 15.1. The van der Waals surface area contributed by atoms with E-state index in [0.29, 0.717) is 30.8 Å². The number of anilines is 1. The number of para-hydroxylation sites is 2. The summed E-state index contributed by atoms with van der Waals surface area (Å²) in [5.74, 6) is -0.190. The minimum absolute atomic E-state index is 0.0175. The molecule has 0 atom stereocenters. The fourth-order valence-electron chi connectivity index (χ4n) is 3.46. The molecule has 1 aliphatic rings. The molecule has 1 heterocycles. The first-order valence-corrected chi connectivity index (χ1v) is 8.59. The molecule has 3 rings (SSSR count). The van der Waals surface area contributed by atoms with Crippen molar-refractivity contribution in [2.75, 3.05) is 18.4 Å². The van der Waals surface area contributed by atoms with Crippen LogP contribution in [0.4, 0.5) is 18.9 Å². The fourth-order valence-corrected chi connectivity index (χ4v) is 3.46. The molecule has 27 heavy (non-hydrogen) atoms. The number of halogens is 3. The normalized spacial score (nSPS) is 16.5. The number of carbonyl (C=O) groups is 1. The van der Waals surface area contributed by atoms with Crippen LogP contribution in [0, 0.1) is 0 Å². The number of hydrogen-bond acceptors (Lipinski definition) is 4. The summed E-state index contributed by atoms with van der Waals surface area (Å²) in [4.78, 5) is 13.8. The predicted molar refractivity (Wildman–Crippen MR) is 96.9 cm³/mol. The first-order valence-electron chi connectivity index (χ1n) is 8.59. The summed E-state index contributed by atoms with van der Waals surface area (Å²) in [6.07, 6.45) is -4.71. The predicted octanol–water partition coefficient (Wildman–Crippen LogP) is 4.47. The van der Waals surface area contributed by atoms with Gasteiger partial charge in [0, 0.05) is 36.4 Å². The lowest BCUT2D eigenvalue weighted by molar-refractivity contribution is -0.275. The van der Waals surface area contributed by atoms with E-state index in [-0.39, 0.29) is 17.1 Å². The third-order valence-corrected chi connectivity index (χ3v) is 4.48. The van der Waals surface area contributed by atoms with E-state index >= 15 is 0 Å². The second-order valence-corrected chi connectivity index (χ2v) is 7.09. The van der Waals surface area contributed by atoms with Gasteiger partial charge < -0.3 is 10.1 Å². The van der Waals surface area contributed by atoms with E-state index < -0.39 is 6.36 Å². The highest BCUT2D eigenvalue weighted by Crippen LogP contribution is 2.32. The Morgan fingerprint density at radius 1 is 1.15 bits per heavy atom. The van der Waals surface area contributed by atoms with Crippen molar-refractivity contribution in [1.82, 2.24) is 4.90 Å². The molecule has 4 nitrogen and oxygen atoms in total. The van der Waals surface area contributed by atoms with Crippen LogP contribution >= 0.6 is 0 Å². The van der Waals surface area contributed by atoms with E-state index in [1.807, 2.05) is 30.0 Å². The summed E-state index contributed by atoms with van der Waals surface area (Å²) in [6.45, 7) is 5.18. The van der Waals surface area contributed by atoms with Crippen LogP contribution < -0.4 is 10.1 Å². The van der Waals surface area contributed by atoms with Crippen molar-refractivity contribution in [1.29, 1.82) is 0 Å². The van der Waals surface area contributed by atoms with Crippen LogP contribution in [0.1, 0.15) is 29.8 Å². The van der Waals surface area contributed by atoms with Crippen molar-refractivity contribution in [3.63, 3.8) is 0 Å². The van der Waals surface area contributed by atoms with E-state index in [1.54, 1.807) is 18.2 Å². The Kier molecular flexibility index (Phi) is 5.15. The van der Waals surface area contributed by atoms with E-state index in [0.717, 1.165) is 5.69 Å². The van der Waals surface area contributed by atoms with E-state index in [2.05, 4.69) is 10.1 Å². The quantitative estimate of drug-likeness (QED) is 0.753. The van der Waals surface area contributed by atoms with Gasteiger partial charge in [0.25, 0.3) is 0 Å². The van der Waals surface area contributed by atoms with Gasteiger partial charge in [-0.05, 0) is 32.0 Å². The summed E-state index contributed by atoms with van der Waals surface area (Å²) in [5, 5.41) is 3.40. The molecule has 1 fully saturated rings. The molecule has 144 valence electrons. The molecule has 0 amide bonds. The van der Waals surface area contributed by atoms with Gasteiger partial charge in [-0.25, -0.2) is 0 Å². The molecule has 2 aromatic rings. The van der Waals surface area contributed by atoms with Crippen LogP contribution in [0.5, 0.6) is 5.75 Å². The second-order valence-electron chi connectivity index (χ2n) is 7.09. The Labute approximate surface area is 155 Å². The topological polar surface area (TPSA) is 41.6 Å². The smallest absolute Gasteiger partial charge is 0.405 e. The maximum Gasteiger partial charge on any atom is 0.573 e. The average molecular weight is 378 g/mol. The first kappa shape index (κ1) is 19.2. The zero-order chi connectivity index (χ0) is 19.7. The SMILES string of the molecule is CC(=O)c1ccccc1NC1(C)CN(Cc2ccccc2OC(F)(F)F)C1. The Hall–Kier alpha value is -2.54. The molecule has 7 heteroatoms. The average Bonchev–Trinajstić information content (AvgIpc) is 2.54. The molecule has 2 aromatic carbocycles. The molecule has 0 spiro atoms. The van der Waals surface area contributed by atoms with Gasteiger partial charge in [0.05, 0.1) is 5.54 Å². The van der Waals surface area contributed by atoms with Gasteiger partial charge >= 0.3 is 6.36 Å². The minimum atomic E-state index is -4.71. The lowest BCUT2D eigenvalue weighted by atomic mass is 9.90. The molecular formula is C20H21F3N2O2.